The van der Waals surface area contributed by atoms with Gasteiger partial charge in [-0.25, -0.2) is 0 Å². The van der Waals surface area contributed by atoms with Gasteiger partial charge in [-0.05, 0) is 73.8 Å². The van der Waals surface area contributed by atoms with Gasteiger partial charge in [0, 0.05) is 0 Å². The SMILES string of the molecule is CCC1CCC(C2CCC(c3ccccc3OC(F)(F)F)CC2)CC1. The molecule has 0 spiro atoms. The second kappa shape index (κ2) is 8.01. The van der Waals surface area contributed by atoms with E-state index in [1.54, 1.807) is 12.1 Å². The highest BCUT2D eigenvalue weighted by Gasteiger charge is 2.35. The van der Waals surface area contributed by atoms with Crippen molar-refractivity contribution in [2.45, 2.75) is 77.0 Å². The quantitative estimate of drug-likeness (QED) is 0.561. The summed E-state index contributed by atoms with van der Waals surface area (Å²) in [6, 6.07) is 6.68. The Hall–Kier alpha value is -1.19. The topological polar surface area (TPSA) is 9.23 Å². The number of ether oxygens (including phenoxy) is 1. The van der Waals surface area contributed by atoms with Gasteiger partial charge in [-0.2, -0.15) is 0 Å². The van der Waals surface area contributed by atoms with E-state index in [-0.39, 0.29) is 11.7 Å². The van der Waals surface area contributed by atoms with E-state index < -0.39 is 6.36 Å². The molecule has 0 unspecified atom stereocenters. The molecule has 2 aliphatic rings. The van der Waals surface area contributed by atoms with Crippen LogP contribution >= 0.6 is 0 Å². The van der Waals surface area contributed by atoms with Crippen LogP contribution in [0.25, 0.3) is 0 Å². The van der Waals surface area contributed by atoms with E-state index in [0.29, 0.717) is 0 Å². The van der Waals surface area contributed by atoms with Gasteiger partial charge in [0.25, 0.3) is 0 Å². The molecule has 1 aromatic rings. The van der Waals surface area contributed by atoms with Gasteiger partial charge >= 0.3 is 6.36 Å². The highest BCUT2D eigenvalue weighted by atomic mass is 19.4. The minimum atomic E-state index is -4.62. The maximum atomic E-state index is 12.6. The first kappa shape index (κ1) is 18.6. The lowest BCUT2D eigenvalue weighted by molar-refractivity contribution is -0.275. The largest absolute Gasteiger partial charge is 0.573 e. The van der Waals surface area contributed by atoms with Gasteiger partial charge in [0.2, 0.25) is 0 Å². The van der Waals surface area contributed by atoms with Crippen LogP contribution in [0.3, 0.4) is 0 Å². The normalized spacial score (nSPS) is 30.9. The van der Waals surface area contributed by atoms with Crippen LogP contribution in [0, 0.1) is 17.8 Å². The zero-order valence-corrected chi connectivity index (χ0v) is 15.0. The highest BCUT2D eigenvalue weighted by Crippen LogP contribution is 2.46. The fraction of sp³-hybridized carbons (Fsp3) is 0.714. The minimum Gasteiger partial charge on any atom is -0.405 e. The number of alkyl halides is 3. The third kappa shape index (κ3) is 4.92. The molecule has 1 aromatic carbocycles. The Balaban J connectivity index is 1.58. The molecule has 0 heterocycles. The minimum absolute atomic E-state index is 0.0121. The summed E-state index contributed by atoms with van der Waals surface area (Å²) in [7, 11) is 0. The lowest BCUT2D eigenvalue weighted by Gasteiger charge is -2.38. The molecule has 1 nitrogen and oxygen atoms in total. The van der Waals surface area contributed by atoms with Crippen molar-refractivity contribution in [1.82, 2.24) is 0 Å². The number of benzene rings is 1. The van der Waals surface area contributed by atoms with Crippen LogP contribution in [-0.4, -0.2) is 6.36 Å². The third-order valence-corrected chi connectivity index (χ3v) is 6.49. The van der Waals surface area contributed by atoms with E-state index in [1.165, 1.54) is 38.2 Å². The summed E-state index contributed by atoms with van der Waals surface area (Å²) < 4.78 is 42.1. The van der Waals surface area contributed by atoms with Gasteiger partial charge in [-0.15, -0.1) is 13.2 Å². The Labute approximate surface area is 149 Å². The first-order valence-electron chi connectivity index (χ1n) is 9.81. The Morgan fingerprint density at radius 2 is 1.44 bits per heavy atom. The monoisotopic (exact) mass is 354 g/mol. The molecular formula is C21H29F3O. The fourth-order valence-corrected chi connectivity index (χ4v) is 5.00. The van der Waals surface area contributed by atoms with Crippen molar-refractivity contribution in [3.63, 3.8) is 0 Å². The van der Waals surface area contributed by atoms with Crippen molar-refractivity contribution >= 4 is 0 Å². The molecule has 2 fully saturated rings. The predicted molar refractivity (Wildman–Crippen MR) is 93.6 cm³/mol. The van der Waals surface area contributed by atoms with E-state index in [9.17, 15) is 13.2 Å². The first-order valence-corrected chi connectivity index (χ1v) is 9.81. The summed E-state index contributed by atoms with van der Waals surface area (Å²) in [5.74, 6) is 2.71. The molecule has 0 aromatic heterocycles. The van der Waals surface area contributed by atoms with Crippen molar-refractivity contribution in [3.05, 3.63) is 29.8 Å². The zero-order chi connectivity index (χ0) is 17.9. The lowest BCUT2D eigenvalue weighted by atomic mass is 9.68. The van der Waals surface area contributed by atoms with E-state index in [0.717, 1.165) is 49.0 Å². The zero-order valence-electron chi connectivity index (χ0n) is 15.0. The summed E-state index contributed by atoms with van der Waals surface area (Å²) in [5, 5.41) is 0. The van der Waals surface area contributed by atoms with Gasteiger partial charge in [-0.3, -0.25) is 0 Å². The van der Waals surface area contributed by atoms with Crippen LogP contribution in [0.2, 0.25) is 0 Å². The molecule has 140 valence electrons. The number of para-hydroxylation sites is 1. The van der Waals surface area contributed by atoms with E-state index in [1.807, 2.05) is 6.07 Å². The second-order valence-electron chi connectivity index (χ2n) is 7.89. The Morgan fingerprint density at radius 1 is 0.880 bits per heavy atom. The number of halogens is 3. The highest BCUT2D eigenvalue weighted by molar-refractivity contribution is 5.36. The molecule has 0 atom stereocenters. The molecule has 0 saturated heterocycles. The standard InChI is InChI=1S/C21H29F3O/c1-2-15-7-9-16(10-8-15)17-11-13-18(14-12-17)19-5-3-4-6-20(19)25-21(22,23)24/h3-6,15-18H,2,7-14H2,1H3. The van der Waals surface area contributed by atoms with Crippen LogP contribution in [-0.2, 0) is 0 Å². The molecule has 0 N–H and O–H groups in total. The van der Waals surface area contributed by atoms with Gasteiger partial charge in [-0.1, -0.05) is 44.4 Å². The van der Waals surface area contributed by atoms with Crippen molar-refractivity contribution in [2.75, 3.05) is 0 Å². The number of hydrogen-bond donors (Lipinski definition) is 0. The van der Waals surface area contributed by atoms with Gasteiger partial charge < -0.3 is 4.74 Å². The maximum absolute atomic E-state index is 12.6. The molecule has 3 rings (SSSR count). The second-order valence-corrected chi connectivity index (χ2v) is 7.89. The molecule has 4 heteroatoms. The smallest absolute Gasteiger partial charge is 0.405 e. The van der Waals surface area contributed by atoms with Crippen molar-refractivity contribution in [2.24, 2.45) is 17.8 Å². The Morgan fingerprint density at radius 3 is 2.00 bits per heavy atom. The van der Waals surface area contributed by atoms with Crippen molar-refractivity contribution < 1.29 is 17.9 Å². The van der Waals surface area contributed by atoms with Crippen molar-refractivity contribution in [3.8, 4) is 5.75 Å². The summed E-state index contributed by atoms with van der Waals surface area (Å²) in [5.41, 5.74) is 0.730. The molecule has 0 aliphatic heterocycles. The van der Waals surface area contributed by atoms with Crippen LogP contribution < -0.4 is 4.74 Å². The average molecular weight is 354 g/mol. The van der Waals surface area contributed by atoms with Gasteiger partial charge in [0.15, 0.2) is 0 Å². The van der Waals surface area contributed by atoms with Crippen LogP contribution in [0.4, 0.5) is 13.2 Å². The van der Waals surface area contributed by atoms with Crippen LogP contribution in [0.1, 0.15) is 76.2 Å². The average Bonchev–Trinajstić information content (AvgIpc) is 2.61. The van der Waals surface area contributed by atoms with Crippen LogP contribution in [0.15, 0.2) is 24.3 Å². The number of hydrogen-bond acceptors (Lipinski definition) is 1. The molecule has 0 bridgehead atoms. The van der Waals surface area contributed by atoms with E-state index >= 15 is 0 Å². The lowest BCUT2D eigenvalue weighted by Crippen LogP contribution is -2.25. The number of rotatable bonds is 4. The molecule has 25 heavy (non-hydrogen) atoms. The summed E-state index contributed by atoms with van der Waals surface area (Å²) >= 11 is 0. The predicted octanol–water partition coefficient (Wildman–Crippen LogP) is 7.08. The van der Waals surface area contributed by atoms with Gasteiger partial charge in [0.1, 0.15) is 5.75 Å². The molecule has 0 radical (unpaired) electrons. The molecule has 2 aliphatic carbocycles. The van der Waals surface area contributed by atoms with Crippen LogP contribution in [0.5, 0.6) is 5.75 Å². The Bertz CT molecular complexity index is 538. The van der Waals surface area contributed by atoms with E-state index in [4.69, 9.17) is 0 Å². The molecular weight excluding hydrogens is 325 g/mol. The fourth-order valence-electron chi connectivity index (χ4n) is 5.00. The third-order valence-electron chi connectivity index (χ3n) is 6.49. The summed E-state index contributed by atoms with van der Waals surface area (Å²) in [6.07, 6.45) is 6.36. The first-order chi connectivity index (χ1) is 12.0. The summed E-state index contributed by atoms with van der Waals surface area (Å²) in [6.45, 7) is 2.29. The Kier molecular flexibility index (Phi) is 5.96. The molecule has 2 saturated carbocycles. The molecule has 0 amide bonds. The maximum Gasteiger partial charge on any atom is 0.573 e. The summed E-state index contributed by atoms with van der Waals surface area (Å²) in [4.78, 5) is 0. The van der Waals surface area contributed by atoms with Gasteiger partial charge in [0.05, 0.1) is 0 Å². The van der Waals surface area contributed by atoms with Crippen molar-refractivity contribution in [1.29, 1.82) is 0 Å². The van der Waals surface area contributed by atoms with E-state index in [2.05, 4.69) is 11.7 Å².